The van der Waals surface area contributed by atoms with Crippen LogP contribution in [0.2, 0.25) is 0 Å². The Morgan fingerprint density at radius 2 is 0.899 bits per heavy atom. The number of aryl methyl sites for hydroxylation is 1. The van der Waals surface area contributed by atoms with E-state index in [4.69, 9.17) is 19.4 Å². The topological polar surface area (TPSA) is 60.0 Å². The zero-order chi connectivity index (χ0) is 59.4. The Hall–Kier alpha value is -11.5. The highest BCUT2D eigenvalue weighted by Crippen LogP contribution is 2.44. The van der Waals surface area contributed by atoms with Gasteiger partial charge in [0.2, 0.25) is 0 Å². The lowest BCUT2D eigenvalue weighted by molar-refractivity contribution is 0.670. The summed E-state index contributed by atoms with van der Waals surface area (Å²) in [4.78, 5) is 17.4. The summed E-state index contributed by atoms with van der Waals surface area (Å²) in [5, 5.41) is 4.66. The predicted octanol–water partition coefficient (Wildman–Crippen LogP) is 22.0. The molecule has 6 heteroatoms. The SMILES string of the molecule is Cc1ccc2c(c1)c1cc(-c3cccc(-c4ccc(N(C)c5cccc(-c6cc(-c7ccc(-c8cccc(-c9nc(C%10=CCCC=C%10)nc(-c%10ccccc%10)n9)c8)cc7)c7oc8ccccc8c7c6)c5)c(-c5ccccc5)c4)c3)ccc1n2-c1ccccc1. The number of anilines is 2. The number of hydrogen-bond donors (Lipinski definition) is 0. The van der Waals surface area contributed by atoms with Gasteiger partial charge in [0.15, 0.2) is 17.5 Å². The van der Waals surface area contributed by atoms with Crippen LogP contribution in [-0.4, -0.2) is 26.6 Å². The van der Waals surface area contributed by atoms with Crippen molar-refractivity contribution >= 4 is 60.7 Å². The second kappa shape index (κ2) is 22.4. The Labute approximate surface area is 517 Å². The molecule has 12 aromatic carbocycles. The van der Waals surface area contributed by atoms with Crippen molar-refractivity contribution in [2.45, 2.75) is 19.8 Å². The van der Waals surface area contributed by atoms with Crippen molar-refractivity contribution in [3.8, 4) is 95.2 Å². The van der Waals surface area contributed by atoms with Crippen LogP contribution in [-0.2, 0) is 0 Å². The van der Waals surface area contributed by atoms with E-state index in [-0.39, 0.29) is 0 Å². The van der Waals surface area contributed by atoms with E-state index < -0.39 is 0 Å². The molecule has 0 unspecified atom stereocenters. The maximum Gasteiger partial charge on any atom is 0.164 e. The number of nitrogens with zero attached hydrogens (tertiary/aromatic N) is 5. The maximum atomic E-state index is 6.76. The first-order valence-electron chi connectivity index (χ1n) is 30.5. The lowest BCUT2D eigenvalue weighted by Gasteiger charge is -2.24. The highest BCUT2D eigenvalue weighted by Gasteiger charge is 2.21. The quantitative estimate of drug-likeness (QED) is 0.122. The minimum atomic E-state index is 0.642. The molecule has 0 atom stereocenters. The fourth-order valence-electron chi connectivity index (χ4n) is 13.0. The normalized spacial score (nSPS) is 12.3. The second-order valence-corrected chi connectivity index (χ2v) is 23.2. The first-order valence-corrected chi connectivity index (χ1v) is 30.5. The van der Waals surface area contributed by atoms with Crippen LogP contribution in [0.5, 0.6) is 0 Å². The lowest BCUT2D eigenvalue weighted by atomic mass is 9.93. The molecule has 15 aromatic rings. The van der Waals surface area contributed by atoms with E-state index >= 15 is 0 Å². The van der Waals surface area contributed by atoms with E-state index in [9.17, 15) is 0 Å². The average Bonchev–Trinajstić information content (AvgIpc) is 2.20. The Morgan fingerprint density at radius 3 is 1.65 bits per heavy atom. The predicted molar refractivity (Wildman–Crippen MR) is 371 cm³/mol. The molecule has 89 heavy (non-hydrogen) atoms. The molecule has 1 aliphatic rings. The van der Waals surface area contributed by atoms with Gasteiger partial charge in [0.1, 0.15) is 11.2 Å². The first kappa shape index (κ1) is 53.0. The zero-order valence-corrected chi connectivity index (χ0v) is 49.3. The number of hydrogen-bond acceptors (Lipinski definition) is 5. The molecule has 0 aliphatic heterocycles. The largest absolute Gasteiger partial charge is 0.455 e. The van der Waals surface area contributed by atoms with Gasteiger partial charge in [0.25, 0.3) is 0 Å². The lowest BCUT2D eigenvalue weighted by Crippen LogP contribution is -2.11. The van der Waals surface area contributed by atoms with E-state index in [0.717, 1.165) is 124 Å². The standard InChI is InChI=1S/C83H59N5O/c1-54-36-43-77-73(46-54)74-51-65(42-45-78(74)88(77)68-31-13-6-14-32-68)62-28-17-27-61(47-62)64-41-44-76(71(50-64)56-20-7-3-8-21-56)87(2)69-33-19-29-63(49-69)67-52-72(80-75(53-67)70-34-15-16-35-79(70)89-80)57-39-37-55(38-40-57)60-26-18-30-66(48-60)83-85-81(58-22-9-4-10-23-58)84-82(86-83)59-24-11-5-12-25-59/h3-4,6-11,13-53H,5,12H2,1-2H3. The fourth-order valence-corrected chi connectivity index (χ4v) is 13.0. The number of rotatable bonds is 12. The van der Waals surface area contributed by atoms with Crippen molar-refractivity contribution in [3.05, 3.63) is 309 Å². The van der Waals surface area contributed by atoms with Crippen LogP contribution < -0.4 is 4.90 Å². The monoisotopic (exact) mass is 1140 g/mol. The summed E-state index contributed by atoms with van der Waals surface area (Å²) >= 11 is 0. The number of aromatic nitrogens is 4. The highest BCUT2D eigenvalue weighted by molar-refractivity contribution is 6.12. The summed E-state index contributed by atoms with van der Waals surface area (Å²) in [6.07, 6.45) is 8.51. The number of fused-ring (bicyclic) bond motifs is 6. The second-order valence-electron chi connectivity index (χ2n) is 23.2. The van der Waals surface area contributed by atoms with Crippen LogP contribution in [0.3, 0.4) is 0 Å². The molecular weight excluding hydrogens is 1080 g/mol. The Kier molecular flexibility index (Phi) is 13.4. The Balaban J connectivity index is 0.727. The van der Waals surface area contributed by atoms with Crippen molar-refractivity contribution in [2.75, 3.05) is 11.9 Å². The number of allylic oxidation sites excluding steroid dienone is 4. The van der Waals surface area contributed by atoms with Gasteiger partial charge in [-0.1, -0.05) is 212 Å². The average molecular weight is 1140 g/mol. The molecule has 0 radical (unpaired) electrons. The summed E-state index contributed by atoms with van der Waals surface area (Å²) in [5.74, 6) is 1.98. The van der Waals surface area contributed by atoms with Crippen LogP contribution in [0.15, 0.2) is 302 Å². The molecule has 0 bridgehead atoms. The van der Waals surface area contributed by atoms with E-state index in [0.29, 0.717) is 17.5 Å². The minimum absolute atomic E-state index is 0.642. The van der Waals surface area contributed by atoms with Crippen LogP contribution in [0.25, 0.3) is 145 Å². The van der Waals surface area contributed by atoms with Gasteiger partial charge in [-0.3, -0.25) is 0 Å². The van der Waals surface area contributed by atoms with Gasteiger partial charge in [-0.05, 0) is 166 Å². The van der Waals surface area contributed by atoms with E-state index in [1.54, 1.807) is 0 Å². The Bertz CT molecular complexity index is 5270. The highest BCUT2D eigenvalue weighted by atomic mass is 16.3. The van der Waals surface area contributed by atoms with Gasteiger partial charge in [0.05, 0.1) is 11.0 Å². The van der Waals surface area contributed by atoms with E-state index in [2.05, 4.69) is 284 Å². The van der Waals surface area contributed by atoms with Crippen molar-refractivity contribution in [1.82, 2.24) is 19.5 Å². The molecule has 0 spiro atoms. The number of benzene rings is 12. The van der Waals surface area contributed by atoms with Gasteiger partial charge < -0.3 is 13.9 Å². The number of furan rings is 1. The van der Waals surface area contributed by atoms with E-state index in [1.165, 1.54) is 38.5 Å². The molecule has 0 saturated heterocycles. The van der Waals surface area contributed by atoms with Crippen molar-refractivity contribution < 1.29 is 4.42 Å². The van der Waals surface area contributed by atoms with Crippen LogP contribution in [0.1, 0.15) is 24.2 Å². The molecule has 0 N–H and O–H groups in total. The van der Waals surface area contributed by atoms with Gasteiger partial charge in [-0.2, -0.15) is 0 Å². The Morgan fingerprint density at radius 1 is 0.371 bits per heavy atom. The molecule has 16 rings (SSSR count). The zero-order valence-electron chi connectivity index (χ0n) is 49.3. The third-order valence-corrected chi connectivity index (χ3v) is 17.5. The minimum Gasteiger partial charge on any atom is -0.455 e. The molecule has 3 heterocycles. The molecule has 422 valence electrons. The molecular formula is C83H59N5O. The molecule has 0 saturated carbocycles. The van der Waals surface area contributed by atoms with Crippen LogP contribution in [0, 0.1) is 6.92 Å². The molecule has 6 nitrogen and oxygen atoms in total. The fraction of sp³-hybridized carbons (Fsp3) is 0.0482. The van der Waals surface area contributed by atoms with Crippen molar-refractivity contribution in [2.24, 2.45) is 0 Å². The summed E-state index contributed by atoms with van der Waals surface area (Å²) in [6, 6.07) is 100. The third kappa shape index (κ3) is 9.97. The first-order chi connectivity index (χ1) is 43.9. The summed E-state index contributed by atoms with van der Waals surface area (Å²) < 4.78 is 9.14. The van der Waals surface area contributed by atoms with Gasteiger partial charge in [0, 0.05) is 73.5 Å². The summed E-state index contributed by atoms with van der Waals surface area (Å²) in [5.41, 5.74) is 25.1. The van der Waals surface area contributed by atoms with Gasteiger partial charge in [-0.15, -0.1) is 0 Å². The molecule has 3 aromatic heterocycles. The maximum absolute atomic E-state index is 6.76. The van der Waals surface area contributed by atoms with Crippen LogP contribution in [0.4, 0.5) is 11.4 Å². The summed E-state index contributed by atoms with van der Waals surface area (Å²) in [6.45, 7) is 2.18. The summed E-state index contributed by atoms with van der Waals surface area (Å²) in [7, 11) is 2.18. The third-order valence-electron chi connectivity index (χ3n) is 17.5. The van der Waals surface area contributed by atoms with Gasteiger partial charge >= 0.3 is 0 Å². The smallest absolute Gasteiger partial charge is 0.164 e. The van der Waals surface area contributed by atoms with Crippen LogP contribution >= 0.6 is 0 Å². The van der Waals surface area contributed by atoms with Crippen molar-refractivity contribution in [1.29, 1.82) is 0 Å². The van der Waals surface area contributed by atoms with E-state index in [1.807, 2.05) is 36.4 Å². The number of para-hydroxylation sites is 2. The molecule has 1 aliphatic carbocycles. The molecule has 0 fully saturated rings. The molecule has 0 amide bonds. The van der Waals surface area contributed by atoms with Gasteiger partial charge in [-0.25, -0.2) is 15.0 Å². The van der Waals surface area contributed by atoms with Crippen molar-refractivity contribution in [3.63, 3.8) is 0 Å².